The van der Waals surface area contributed by atoms with Crippen molar-refractivity contribution in [1.29, 1.82) is 0 Å². The Morgan fingerprint density at radius 2 is 2.08 bits per heavy atom. The van der Waals surface area contributed by atoms with Crippen molar-refractivity contribution < 1.29 is 14.0 Å². The van der Waals surface area contributed by atoms with Crippen molar-refractivity contribution in [2.45, 2.75) is 19.4 Å². The van der Waals surface area contributed by atoms with E-state index >= 15 is 0 Å². The van der Waals surface area contributed by atoms with Gasteiger partial charge in [0.15, 0.2) is 0 Å². The summed E-state index contributed by atoms with van der Waals surface area (Å²) >= 11 is 1.42. The van der Waals surface area contributed by atoms with E-state index in [0.717, 1.165) is 10.7 Å². The lowest BCUT2D eigenvalue weighted by atomic mass is 10.2. The monoisotopic (exact) mass is 361 g/mol. The summed E-state index contributed by atoms with van der Waals surface area (Å²) in [5.41, 5.74) is 2.77. The first-order chi connectivity index (χ1) is 12.0. The maximum atomic E-state index is 12.8. The summed E-state index contributed by atoms with van der Waals surface area (Å²) < 4.78 is 14.5. The Morgan fingerprint density at radius 1 is 1.32 bits per heavy atom. The highest BCUT2D eigenvalue weighted by Gasteiger charge is 2.14. The standard InChI is InChI=1S/C16H16FN5O2S/c1-10(13-8-22-16(21-13)25-9-19-22)20-14(23)6-7-18-15(24)11-2-4-12(17)5-3-11/h2-5,8-10H,6-7H2,1H3,(H,18,24)(H,20,23). The average molecular weight is 361 g/mol. The lowest BCUT2D eigenvalue weighted by Gasteiger charge is -2.11. The van der Waals surface area contributed by atoms with Crippen LogP contribution in [-0.2, 0) is 4.79 Å². The minimum Gasteiger partial charge on any atom is -0.352 e. The van der Waals surface area contributed by atoms with Crippen LogP contribution in [0.2, 0.25) is 0 Å². The molecule has 0 spiro atoms. The molecular weight excluding hydrogens is 345 g/mol. The van der Waals surface area contributed by atoms with Crippen molar-refractivity contribution in [3.8, 4) is 0 Å². The zero-order valence-electron chi connectivity index (χ0n) is 13.4. The van der Waals surface area contributed by atoms with Crippen molar-refractivity contribution in [3.05, 3.63) is 53.0 Å². The highest BCUT2D eigenvalue weighted by molar-refractivity contribution is 7.14. The van der Waals surface area contributed by atoms with E-state index in [1.807, 2.05) is 6.92 Å². The molecule has 2 aromatic heterocycles. The molecule has 2 heterocycles. The third-order valence-corrected chi connectivity index (χ3v) is 4.26. The molecule has 2 N–H and O–H groups in total. The molecule has 2 amide bonds. The van der Waals surface area contributed by atoms with Crippen molar-refractivity contribution in [2.75, 3.05) is 6.54 Å². The van der Waals surface area contributed by atoms with E-state index in [2.05, 4.69) is 20.7 Å². The Bertz CT molecular complexity index is 861. The summed E-state index contributed by atoms with van der Waals surface area (Å²) in [6.07, 6.45) is 1.91. The molecule has 0 fully saturated rings. The van der Waals surface area contributed by atoms with Crippen LogP contribution in [0.15, 0.2) is 36.0 Å². The van der Waals surface area contributed by atoms with E-state index in [1.165, 1.54) is 35.6 Å². The van der Waals surface area contributed by atoms with Gasteiger partial charge in [0.1, 0.15) is 11.3 Å². The molecule has 0 aliphatic heterocycles. The number of imidazole rings is 1. The van der Waals surface area contributed by atoms with Crippen LogP contribution >= 0.6 is 11.3 Å². The van der Waals surface area contributed by atoms with Crippen LogP contribution in [0.5, 0.6) is 0 Å². The van der Waals surface area contributed by atoms with Gasteiger partial charge in [-0.3, -0.25) is 9.59 Å². The van der Waals surface area contributed by atoms with Crippen molar-refractivity contribution in [2.24, 2.45) is 0 Å². The minimum atomic E-state index is -0.403. The van der Waals surface area contributed by atoms with E-state index in [1.54, 1.807) is 16.2 Å². The third-order valence-electron chi connectivity index (χ3n) is 3.57. The number of rotatable bonds is 6. The lowest BCUT2D eigenvalue weighted by Crippen LogP contribution is -2.32. The fraction of sp³-hybridized carbons (Fsp3) is 0.250. The average Bonchev–Trinajstić information content (AvgIpc) is 3.17. The maximum absolute atomic E-state index is 12.8. The summed E-state index contributed by atoms with van der Waals surface area (Å²) in [5.74, 6) is -0.947. The zero-order valence-corrected chi connectivity index (χ0v) is 14.2. The van der Waals surface area contributed by atoms with Crippen LogP contribution in [0.25, 0.3) is 4.96 Å². The number of hydrogen-bond acceptors (Lipinski definition) is 5. The number of aromatic nitrogens is 3. The number of nitrogens with one attached hydrogen (secondary N) is 2. The fourth-order valence-electron chi connectivity index (χ4n) is 2.24. The summed E-state index contributed by atoms with van der Waals surface area (Å²) in [7, 11) is 0. The van der Waals surface area contributed by atoms with Crippen LogP contribution in [0.4, 0.5) is 4.39 Å². The Kier molecular flexibility index (Phi) is 5.03. The smallest absolute Gasteiger partial charge is 0.251 e. The molecule has 0 saturated heterocycles. The molecule has 1 aromatic carbocycles. The van der Waals surface area contributed by atoms with Crippen molar-refractivity contribution in [3.63, 3.8) is 0 Å². The maximum Gasteiger partial charge on any atom is 0.251 e. The summed E-state index contributed by atoms with van der Waals surface area (Å²) in [6, 6.07) is 4.97. The van der Waals surface area contributed by atoms with E-state index in [-0.39, 0.29) is 30.8 Å². The minimum absolute atomic E-state index is 0.137. The fourth-order valence-corrected chi connectivity index (χ4v) is 2.85. The number of amides is 2. The van der Waals surface area contributed by atoms with E-state index in [0.29, 0.717) is 5.56 Å². The van der Waals surface area contributed by atoms with E-state index < -0.39 is 5.82 Å². The van der Waals surface area contributed by atoms with Gasteiger partial charge in [0, 0.05) is 18.5 Å². The second-order valence-corrected chi connectivity index (χ2v) is 6.25. The zero-order chi connectivity index (χ0) is 17.8. The Labute approximate surface area is 146 Å². The lowest BCUT2D eigenvalue weighted by molar-refractivity contribution is -0.121. The topological polar surface area (TPSA) is 88.4 Å². The van der Waals surface area contributed by atoms with Gasteiger partial charge in [0.25, 0.3) is 5.91 Å². The van der Waals surface area contributed by atoms with Gasteiger partial charge < -0.3 is 10.6 Å². The van der Waals surface area contributed by atoms with Crippen molar-refractivity contribution >= 4 is 28.1 Å². The number of hydrogen-bond donors (Lipinski definition) is 2. The predicted octanol–water partition coefficient (Wildman–Crippen LogP) is 1.93. The molecule has 7 nitrogen and oxygen atoms in total. The second-order valence-electron chi connectivity index (χ2n) is 5.43. The van der Waals surface area contributed by atoms with Gasteiger partial charge in [-0.15, -0.1) is 0 Å². The first-order valence-corrected chi connectivity index (χ1v) is 8.53. The molecule has 0 aliphatic carbocycles. The number of fused-ring (bicyclic) bond motifs is 1. The van der Waals surface area contributed by atoms with Gasteiger partial charge >= 0.3 is 0 Å². The number of halogens is 1. The van der Waals surface area contributed by atoms with Gasteiger partial charge in [-0.2, -0.15) is 5.10 Å². The summed E-state index contributed by atoms with van der Waals surface area (Å²) in [5, 5.41) is 9.55. The summed E-state index contributed by atoms with van der Waals surface area (Å²) in [4.78, 5) is 29.0. The largest absolute Gasteiger partial charge is 0.352 e. The summed E-state index contributed by atoms with van der Waals surface area (Å²) in [6.45, 7) is 2.02. The highest BCUT2D eigenvalue weighted by Crippen LogP contribution is 2.15. The molecule has 9 heteroatoms. The van der Waals surface area contributed by atoms with Gasteiger partial charge in [-0.25, -0.2) is 13.9 Å². The molecular formula is C16H16FN5O2S. The van der Waals surface area contributed by atoms with Crippen LogP contribution in [0, 0.1) is 5.82 Å². The number of carbonyl (C=O) groups is 2. The Morgan fingerprint density at radius 3 is 2.80 bits per heavy atom. The normalized spacial score (nSPS) is 12.1. The van der Waals surface area contributed by atoms with Crippen LogP contribution in [-0.4, -0.2) is 33.0 Å². The molecule has 0 bridgehead atoms. The highest BCUT2D eigenvalue weighted by atomic mass is 32.1. The molecule has 25 heavy (non-hydrogen) atoms. The number of benzene rings is 1. The Balaban J connectivity index is 1.45. The van der Waals surface area contributed by atoms with Crippen molar-refractivity contribution in [1.82, 2.24) is 25.2 Å². The van der Waals surface area contributed by atoms with Gasteiger partial charge in [0.05, 0.1) is 17.9 Å². The predicted molar refractivity (Wildman–Crippen MR) is 90.8 cm³/mol. The molecule has 1 atom stereocenters. The van der Waals surface area contributed by atoms with Crippen LogP contribution < -0.4 is 10.6 Å². The third kappa shape index (κ3) is 4.18. The van der Waals surface area contributed by atoms with Crippen LogP contribution in [0.3, 0.4) is 0 Å². The van der Waals surface area contributed by atoms with Gasteiger partial charge in [-0.05, 0) is 31.2 Å². The van der Waals surface area contributed by atoms with Gasteiger partial charge in [0.2, 0.25) is 10.9 Å². The second kappa shape index (κ2) is 7.39. The van der Waals surface area contributed by atoms with E-state index in [4.69, 9.17) is 0 Å². The van der Waals surface area contributed by atoms with Crippen LogP contribution in [0.1, 0.15) is 35.4 Å². The number of carbonyl (C=O) groups excluding carboxylic acids is 2. The molecule has 3 aromatic rings. The molecule has 3 rings (SSSR count). The Hall–Kier alpha value is -2.81. The van der Waals surface area contributed by atoms with E-state index in [9.17, 15) is 14.0 Å². The molecule has 130 valence electrons. The first kappa shape index (κ1) is 17.0. The molecule has 0 radical (unpaired) electrons. The molecule has 0 saturated carbocycles. The quantitative estimate of drug-likeness (QED) is 0.702. The number of nitrogens with zero attached hydrogens (tertiary/aromatic N) is 3. The van der Waals surface area contributed by atoms with Gasteiger partial charge in [-0.1, -0.05) is 11.3 Å². The SMILES string of the molecule is CC(NC(=O)CCNC(=O)c1ccc(F)cc1)c1cn2ncsc2n1. The first-order valence-electron chi connectivity index (χ1n) is 7.65. The molecule has 0 aliphatic rings. The molecule has 1 unspecified atom stereocenters.